The molecule has 0 aliphatic rings. The average molecular weight is 691 g/mol. The molecular formula is C26H42N8O14. The Kier molecular flexibility index (Phi) is 17.7. The van der Waals surface area contributed by atoms with Crippen LogP contribution in [0.25, 0.3) is 0 Å². The molecule has 0 saturated carbocycles. The first-order valence-corrected chi connectivity index (χ1v) is 14.3. The highest BCUT2D eigenvalue weighted by Crippen LogP contribution is 2.06. The van der Waals surface area contributed by atoms with E-state index < -0.39 is 140 Å². The number of amides is 7. The third-order valence-electron chi connectivity index (χ3n) is 6.44. The fourth-order valence-corrected chi connectivity index (χ4v) is 3.77. The largest absolute Gasteiger partial charge is 0.481 e. The molecule has 0 radical (unpaired) electrons. The van der Waals surface area contributed by atoms with Crippen molar-refractivity contribution >= 4 is 59.3 Å². The van der Waals surface area contributed by atoms with Gasteiger partial charge in [-0.3, -0.25) is 43.2 Å². The monoisotopic (exact) mass is 690 g/mol. The fourth-order valence-electron chi connectivity index (χ4n) is 3.77. The number of nitrogens with one attached hydrogen (secondary N) is 5. The average Bonchev–Trinajstić information content (AvgIpc) is 2.94. The van der Waals surface area contributed by atoms with E-state index in [4.69, 9.17) is 22.3 Å². The highest BCUT2D eigenvalue weighted by Gasteiger charge is 2.35. The Hall–Kier alpha value is -5.38. The number of primary amides is 2. The molecule has 0 rings (SSSR count). The second kappa shape index (κ2) is 20.0. The van der Waals surface area contributed by atoms with Crippen LogP contribution in [-0.4, -0.2) is 122 Å². The van der Waals surface area contributed by atoms with Gasteiger partial charge in [-0.25, -0.2) is 4.79 Å². The number of aliphatic hydroxyl groups excluding tert-OH is 1. The van der Waals surface area contributed by atoms with E-state index in [1.807, 2.05) is 16.0 Å². The molecule has 0 aliphatic heterocycles. The molecule has 0 fully saturated rings. The number of hydrogen-bond donors (Lipinski definition) is 12. The van der Waals surface area contributed by atoms with Gasteiger partial charge < -0.3 is 64.2 Å². The normalized spacial score (nSPS) is 15.2. The zero-order chi connectivity index (χ0) is 37.5. The summed E-state index contributed by atoms with van der Waals surface area (Å²) < 4.78 is 0. The minimum Gasteiger partial charge on any atom is -0.481 e. The summed E-state index contributed by atoms with van der Waals surface area (Å²) >= 11 is 0. The van der Waals surface area contributed by atoms with Crippen molar-refractivity contribution in [3.63, 3.8) is 0 Å². The molecule has 0 spiro atoms. The van der Waals surface area contributed by atoms with E-state index in [0.29, 0.717) is 0 Å². The summed E-state index contributed by atoms with van der Waals surface area (Å²) in [6, 6.07) is -10.5. The van der Waals surface area contributed by atoms with Crippen molar-refractivity contribution in [2.24, 2.45) is 23.1 Å². The first kappa shape index (κ1) is 42.6. The van der Waals surface area contributed by atoms with Crippen LogP contribution in [0.4, 0.5) is 0 Å². The molecule has 15 N–H and O–H groups in total. The van der Waals surface area contributed by atoms with Crippen LogP contribution in [0, 0.1) is 5.92 Å². The van der Waals surface area contributed by atoms with Crippen LogP contribution < -0.4 is 43.8 Å². The van der Waals surface area contributed by atoms with Gasteiger partial charge >= 0.3 is 17.9 Å². The topological polar surface area (TPSA) is 390 Å². The molecule has 48 heavy (non-hydrogen) atoms. The minimum absolute atomic E-state index is 0.403. The first-order valence-electron chi connectivity index (χ1n) is 14.3. The lowest BCUT2D eigenvalue weighted by atomic mass is 10.0. The van der Waals surface area contributed by atoms with Gasteiger partial charge in [0.15, 0.2) is 6.04 Å². The molecule has 0 aromatic heterocycles. The maximum absolute atomic E-state index is 13.1. The third-order valence-corrected chi connectivity index (χ3v) is 6.44. The summed E-state index contributed by atoms with van der Waals surface area (Å²) in [7, 11) is 0. The summed E-state index contributed by atoms with van der Waals surface area (Å²) in [5.41, 5.74) is 16.1. The molecular weight excluding hydrogens is 648 g/mol. The van der Waals surface area contributed by atoms with E-state index in [9.17, 15) is 63.3 Å². The number of carbonyl (C=O) groups is 10. The molecule has 0 aromatic rings. The van der Waals surface area contributed by atoms with Crippen molar-refractivity contribution in [2.75, 3.05) is 0 Å². The van der Waals surface area contributed by atoms with Gasteiger partial charge in [-0.15, -0.1) is 0 Å². The van der Waals surface area contributed by atoms with E-state index in [2.05, 4.69) is 10.6 Å². The maximum Gasteiger partial charge on any atom is 0.328 e. The van der Waals surface area contributed by atoms with E-state index in [-0.39, 0.29) is 0 Å². The van der Waals surface area contributed by atoms with Gasteiger partial charge in [0.05, 0.1) is 31.4 Å². The van der Waals surface area contributed by atoms with Crippen molar-refractivity contribution in [3.8, 4) is 0 Å². The SMILES string of the molecule is CC(C)[C@H](N)C(=O)N[C@@H](CC(N)=O)C(=O)N[C@@H](CC(N)=O)C(=O)N[C@@H](CC(=O)O)C(=O)N[C@@H](CCC(=O)O)C(=O)N[C@H](C(=O)O)[C@@H](C)O. The number of aliphatic carboxylic acids is 3. The zero-order valence-corrected chi connectivity index (χ0v) is 26.3. The second-order valence-corrected chi connectivity index (χ2v) is 11.0. The smallest absolute Gasteiger partial charge is 0.328 e. The summed E-state index contributed by atoms with van der Waals surface area (Å²) in [5.74, 6) is -13.6. The van der Waals surface area contributed by atoms with Crippen molar-refractivity contribution in [3.05, 3.63) is 0 Å². The van der Waals surface area contributed by atoms with E-state index in [1.165, 1.54) is 0 Å². The second-order valence-electron chi connectivity index (χ2n) is 11.0. The fraction of sp³-hybridized carbons (Fsp3) is 0.615. The van der Waals surface area contributed by atoms with Gasteiger partial charge in [0.1, 0.15) is 24.2 Å². The van der Waals surface area contributed by atoms with Crippen molar-refractivity contribution in [2.45, 2.75) is 95.2 Å². The lowest BCUT2D eigenvalue weighted by Gasteiger charge is -2.26. The standard InChI is InChI=1S/C26H42N8O14/c1-9(2)19(29)25(46)33-13(7-16(28)37)23(44)31-12(6-15(27)36)22(43)32-14(8-18(40)41)24(45)30-11(4-5-17(38)39)21(42)34-20(10(3)35)26(47)48/h9-14,19-20,35H,4-8,29H2,1-3H3,(H2,27,36)(H2,28,37)(H,30,45)(H,31,44)(H,32,43)(H,33,46)(H,34,42)(H,38,39)(H,40,41)(H,47,48)/t10-,11+,12+,13+,14+,19+,20+/m1/s1. The lowest BCUT2D eigenvalue weighted by molar-refractivity contribution is -0.146. The van der Waals surface area contributed by atoms with Gasteiger partial charge in [-0.2, -0.15) is 0 Å². The Labute approximate surface area is 272 Å². The van der Waals surface area contributed by atoms with Crippen molar-refractivity contribution in [1.29, 1.82) is 0 Å². The van der Waals surface area contributed by atoms with Crippen LogP contribution in [-0.2, 0) is 47.9 Å². The van der Waals surface area contributed by atoms with Crippen LogP contribution in [0.2, 0.25) is 0 Å². The Morgan fingerprint density at radius 1 is 0.562 bits per heavy atom. The molecule has 7 atom stereocenters. The van der Waals surface area contributed by atoms with Gasteiger partial charge in [-0.05, 0) is 19.3 Å². The van der Waals surface area contributed by atoms with Gasteiger partial charge in [0.25, 0.3) is 0 Å². The van der Waals surface area contributed by atoms with E-state index in [0.717, 1.165) is 6.92 Å². The predicted molar refractivity (Wildman–Crippen MR) is 159 cm³/mol. The molecule has 0 aliphatic carbocycles. The molecule has 0 heterocycles. The molecule has 22 nitrogen and oxygen atoms in total. The Bertz CT molecular complexity index is 1260. The molecule has 270 valence electrons. The molecule has 7 amide bonds. The van der Waals surface area contributed by atoms with E-state index >= 15 is 0 Å². The zero-order valence-electron chi connectivity index (χ0n) is 26.3. The van der Waals surface area contributed by atoms with E-state index in [1.54, 1.807) is 13.8 Å². The summed E-state index contributed by atoms with van der Waals surface area (Å²) in [5, 5.41) is 47.4. The number of aliphatic hydroxyl groups is 1. The number of rotatable bonds is 22. The summed E-state index contributed by atoms with van der Waals surface area (Å²) in [6.45, 7) is 4.20. The van der Waals surface area contributed by atoms with Crippen LogP contribution >= 0.6 is 0 Å². The van der Waals surface area contributed by atoms with Gasteiger partial charge in [0, 0.05) is 6.42 Å². The molecule has 0 unspecified atom stereocenters. The summed E-state index contributed by atoms with van der Waals surface area (Å²) in [4.78, 5) is 122. The number of carboxylic acids is 3. The maximum atomic E-state index is 13.1. The summed E-state index contributed by atoms with van der Waals surface area (Å²) in [6.07, 6.45) is -5.93. The van der Waals surface area contributed by atoms with Crippen LogP contribution in [0.1, 0.15) is 52.9 Å². The number of hydrogen-bond acceptors (Lipinski definition) is 12. The van der Waals surface area contributed by atoms with Crippen LogP contribution in [0.15, 0.2) is 0 Å². The van der Waals surface area contributed by atoms with Gasteiger partial charge in [0.2, 0.25) is 41.4 Å². The number of carbonyl (C=O) groups excluding carboxylic acids is 7. The Morgan fingerprint density at radius 3 is 1.27 bits per heavy atom. The molecule has 0 aromatic carbocycles. The third kappa shape index (κ3) is 15.8. The number of nitrogens with two attached hydrogens (primary N) is 3. The highest BCUT2D eigenvalue weighted by molar-refractivity contribution is 5.99. The molecule has 0 bridgehead atoms. The molecule has 0 saturated heterocycles. The first-order chi connectivity index (χ1) is 22.1. The van der Waals surface area contributed by atoms with Crippen molar-refractivity contribution in [1.82, 2.24) is 26.6 Å². The Morgan fingerprint density at radius 2 is 0.938 bits per heavy atom. The van der Waals surface area contributed by atoms with Crippen molar-refractivity contribution < 1.29 is 68.4 Å². The van der Waals surface area contributed by atoms with Crippen LogP contribution in [0.5, 0.6) is 0 Å². The highest BCUT2D eigenvalue weighted by atomic mass is 16.4. The Balaban J connectivity index is 6.23. The predicted octanol–water partition coefficient (Wildman–Crippen LogP) is -6.05. The van der Waals surface area contributed by atoms with Crippen LogP contribution in [0.3, 0.4) is 0 Å². The minimum atomic E-state index is -2.06. The lowest BCUT2D eigenvalue weighted by Crippen LogP contribution is -2.60. The quantitative estimate of drug-likeness (QED) is 0.0503. The van der Waals surface area contributed by atoms with Gasteiger partial charge in [-0.1, -0.05) is 13.8 Å². The molecule has 22 heteroatoms. The number of carboxylic acid groups (broad SMARTS) is 3.